The van der Waals surface area contributed by atoms with E-state index in [-0.39, 0.29) is 12.2 Å². The minimum Gasteiger partial charge on any atom is -0.485 e. The van der Waals surface area contributed by atoms with E-state index in [0.717, 1.165) is 0 Å². The van der Waals surface area contributed by atoms with E-state index in [4.69, 9.17) is 19.5 Å². The van der Waals surface area contributed by atoms with E-state index < -0.39 is 12.1 Å². The highest BCUT2D eigenvalue weighted by molar-refractivity contribution is 5.86. The second-order valence-corrected chi connectivity index (χ2v) is 3.89. The van der Waals surface area contributed by atoms with Crippen molar-refractivity contribution in [2.75, 3.05) is 0 Å². The lowest BCUT2D eigenvalue weighted by Crippen LogP contribution is -2.16. The van der Waals surface area contributed by atoms with Crippen molar-refractivity contribution < 1.29 is 19.1 Å². The molecule has 0 radical (unpaired) electrons. The number of hydrogen-bond donors (Lipinski definition) is 1. The number of carboxylic acid groups (broad SMARTS) is 1. The maximum absolute atomic E-state index is 10.6. The molecule has 0 aliphatic rings. The minimum atomic E-state index is -0.950. The van der Waals surface area contributed by atoms with Gasteiger partial charge in [0.05, 0.1) is 11.8 Å². The molecule has 1 heterocycles. The van der Waals surface area contributed by atoms with Gasteiger partial charge in [0.1, 0.15) is 17.8 Å². The second-order valence-electron chi connectivity index (χ2n) is 3.89. The number of aliphatic carboxylic acids is 1. The Morgan fingerprint density at radius 3 is 2.94 bits per heavy atom. The van der Waals surface area contributed by atoms with Crippen molar-refractivity contribution in [3.8, 4) is 11.8 Å². The quantitative estimate of drug-likeness (QED) is 0.894. The van der Waals surface area contributed by atoms with Crippen molar-refractivity contribution in [2.45, 2.75) is 19.4 Å². The molecule has 2 rings (SSSR count). The molecule has 1 aromatic heterocycles. The number of furan rings is 1. The molecule has 92 valence electrons. The van der Waals surface area contributed by atoms with Crippen molar-refractivity contribution >= 4 is 16.9 Å². The summed E-state index contributed by atoms with van der Waals surface area (Å²) in [5.74, 6) is -0.580. The Morgan fingerprint density at radius 1 is 1.56 bits per heavy atom. The molecular weight excluding hydrogens is 234 g/mol. The molecule has 5 nitrogen and oxygen atoms in total. The lowest BCUT2D eigenvalue weighted by Gasteiger charge is -2.11. The summed E-state index contributed by atoms with van der Waals surface area (Å²) < 4.78 is 10.8. The fraction of sp³-hybridized carbons (Fsp3) is 0.231. The fourth-order valence-electron chi connectivity index (χ4n) is 1.70. The molecule has 0 aliphatic carbocycles. The molecule has 5 heteroatoms. The monoisotopic (exact) mass is 245 g/mol. The van der Waals surface area contributed by atoms with Gasteiger partial charge in [0.2, 0.25) is 5.76 Å². The maximum atomic E-state index is 10.6. The van der Waals surface area contributed by atoms with Crippen LogP contribution < -0.4 is 4.74 Å². The molecule has 0 amide bonds. The lowest BCUT2D eigenvalue weighted by atomic mass is 10.2. The van der Waals surface area contributed by atoms with Crippen LogP contribution in [0.15, 0.2) is 28.7 Å². The number of nitrogens with zero attached hydrogens (tertiary/aromatic N) is 1. The molecule has 2 aromatic rings. The van der Waals surface area contributed by atoms with Gasteiger partial charge in [-0.1, -0.05) is 12.1 Å². The largest absolute Gasteiger partial charge is 0.485 e. The number of rotatable bonds is 4. The highest BCUT2D eigenvalue weighted by atomic mass is 16.5. The van der Waals surface area contributed by atoms with Crippen LogP contribution in [-0.2, 0) is 4.79 Å². The van der Waals surface area contributed by atoms with Crippen LogP contribution in [0.3, 0.4) is 0 Å². The van der Waals surface area contributed by atoms with Crippen LogP contribution in [0.2, 0.25) is 0 Å². The summed E-state index contributed by atoms with van der Waals surface area (Å²) in [6.45, 7) is 1.64. The molecule has 0 fully saturated rings. The van der Waals surface area contributed by atoms with Gasteiger partial charge in [-0.3, -0.25) is 4.79 Å². The van der Waals surface area contributed by atoms with E-state index in [1.165, 1.54) is 0 Å². The molecular formula is C13H11NO4. The molecule has 0 saturated carbocycles. The predicted octanol–water partition coefficient (Wildman–Crippen LogP) is 2.55. The first-order valence-corrected chi connectivity index (χ1v) is 5.42. The van der Waals surface area contributed by atoms with Crippen LogP contribution in [0, 0.1) is 11.3 Å². The fourth-order valence-corrected chi connectivity index (χ4v) is 1.70. The van der Waals surface area contributed by atoms with Crippen LogP contribution >= 0.6 is 0 Å². The van der Waals surface area contributed by atoms with Crippen LogP contribution in [0.5, 0.6) is 5.75 Å². The maximum Gasteiger partial charge on any atom is 0.307 e. The summed E-state index contributed by atoms with van der Waals surface area (Å²) in [4.78, 5) is 10.6. The Kier molecular flexibility index (Phi) is 3.20. The summed E-state index contributed by atoms with van der Waals surface area (Å²) in [6, 6.07) is 8.99. The smallest absolute Gasteiger partial charge is 0.307 e. The van der Waals surface area contributed by atoms with Crippen molar-refractivity contribution in [3.63, 3.8) is 0 Å². The zero-order valence-corrected chi connectivity index (χ0v) is 9.71. The summed E-state index contributed by atoms with van der Waals surface area (Å²) in [5.41, 5.74) is 0.548. The SMILES string of the molecule is C[C@H](CC(=O)O)Oc1c(C#N)oc2ccccc12. The third kappa shape index (κ3) is 2.28. The van der Waals surface area contributed by atoms with Crippen LogP contribution in [-0.4, -0.2) is 17.2 Å². The number of hydrogen-bond acceptors (Lipinski definition) is 4. The molecule has 0 saturated heterocycles. The molecule has 0 unspecified atom stereocenters. The highest BCUT2D eigenvalue weighted by Crippen LogP contribution is 2.33. The lowest BCUT2D eigenvalue weighted by molar-refractivity contribution is -0.138. The number of nitriles is 1. The summed E-state index contributed by atoms with van der Waals surface area (Å²) in [6.07, 6.45) is -0.666. The van der Waals surface area contributed by atoms with Crippen molar-refractivity contribution in [1.29, 1.82) is 5.26 Å². The highest BCUT2D eigenvalue weighted by Gasteiger charge is 2.18. The molecule has 1 N–H and O–H groups in total. The molecule has 0 spiro atoms. The van der Waals surface area contributed by atoms with Crippen LogP contribution in [0.1, 0.15) is 19.1 Å². The Labute approximate surface area is 103 Å². The van der Waals surface area contributed by atoms with Gasteiger partial charge >= 0.3 is 5.97 Å². The van der Waals surface area contributed by atoms with Gasteiger partial charge in [0.25, 0.3) is 0 Å². The first-order valence-electron chi connectivity index (χ1n) is 5.42. The van der Waals surface area contributed by atoms with Gasteiger partial charge < -0.3 is 14.3 Å². The first kappa shape index (κ1) is 12.0. The number of benzene rings is 1. The number of fused-ring (bicyclic) bond motifs is 1. The van der Waals surface area contributed by atoms with Gasteiger partial charge in [-0.05, 0) is 19.1 Å². The number of ether oxygens (including phenoxy) is 1. The average molecular weight is 245 g/mol. The Morgan fingerprint density at radius 2 is 2.28 bits per heavy atom. The van der Waals surface area contributed by atoms with Crippen molar-refractivity contribution in [2.24, 2.45) is 0 Å². The van der Waals surface area contributed by atoms with Gasteiger partial charge in [-0.2, -0.15) is 5.26 Å². The molecule has 1 atom stereocenters. The van der Waals surface area contributed by atoms with Gasteiger partial charge in [0, 0.05) is 0 Å². The van der Waals surface area contributed by atoms with Crippen molar-refractivity contribution in [3.05, 3.63) is 30.0 Å². The minimum absolute atomic E-state index is 0.0634. The van der Waals surface area contributed by atoms with E-state index in [1.54, 1.807) is 31.2 Å². The van der Waals surface area contributed by atoms with E-state index in [9.17, 15) is 4.79 Å². The molecule has 0 bridgehead atoms. The number of carbonyl (C=O) groups is 1. The Bertz CT molecular complexity index is 623. The van der Waals surface area contributed by atoms with Crippen LogP contribution in [0.4, 0.5) is 0 Å². The van der Waals surface area contributed by atoms with Gasteiger partial charge in [-0.15, -0.1) is 0 Å². The normalized spacial score (nSPS) is 12.0. The summed E-state index contributed by atoms with van der Waals surface area (Å²) in [5, 5.41) is 18.3. The number of para-hydroxylation sites is 1. The van der Waals surface area contributed by atoms with Crippen LogP contribution in [0.25, 0.3) is 11.0 Å². The topological polar surface area (TPSA) is 83.5 Å². The number of carboxylic acids is 1. The zero-order valence-electron chi connectivity index (χ0n) is 9.71. The van der Waals surface area contributed by atoms with E-state index >= 15 is 0 Å². The Hall–Kier alpha value is -2.48. The average Bonchev–Trinajstić information content (AvgIpc) is 2.66. The second kappa shape index (κ2) is 4.80. The summed E-state index contributed by atoms with van der Waals surface area (Å²) in [7, 11) is 0. The van der Waals surface area contributed by atoms with Gasteiger partial charge in [-0.25, -0.2) is 0 Å². The predicted molar refractivity (Wildman–Crippen MR) is 63.3 cm³/mol. The van der Waals surface area contributed by atoms with E-state index in [0.29, 0.717) is 16.7 Å². The first-order chi connectivity index (χ1) is 8.61. The molecule has 18 heavy (non-hydrogen) atoms. The third-order valence-corrected chi connectivity index (χ3v) is 2.43. The van der Waals surface area contributed by atoms with Crippen molar-refractivity contribution in [1.82, 2.24) is 0 Å². The molecule has 0 aliphatic heterocycles. The van der Waals surface area contributed by atoms with E-state index in [1.807, 2.05) is 6.07 Å². The standard InChI is InChI=1S/C13H11NO4/c1-8(6-12(15)16)17-13-9-4-2-3-5-10(9)18-11(13)7-14/h2-5,8H,6H2,1H3,(H,15,16)/t8-/m1/s1. The van der Waals surface area contributed by atoms with Gasteiger partial charge in [0.15, 0.2) is 5.75 Å². The van der Waals surface area contributed by atoms with E-state index in [2.05, 4.69) is 0 Å². The third-order valence-electron chi connectivity index (χ3n) is 2.43. The molecule has 1 aromatic carbocycles. The zero-order chi connectivity index (χ0) is 13.1. The Balaban J connectivity index is 2.37. The summed E-state index contributed by atoms with van der Waals surface area (Å²) >= 11 is 0.